The van der Waals surface area contributed by atoms with E-state index in [1.807, 2.05) is 24.3 Å². The maximum absolute atomic E-state index is 10.3. The number of rotatable bonds is 10. The molecule has 2 aromatic rings. The van der Waals surface area contributed by atoms with Gasteiger partial charge in [-0.1, -0.05) is 61.9 Å². The maximum atomic E-state index is 10.3. The van der Waals surface area contributed by atoms with Gasteiger partial charge in [-0.15, -0.1) is 0 Å². The van der Waals surface area contributed by atoms with Crippen molar-refractivity contribution in [1.82, 2.24) is 0 Å². The number of hydrogen-bond donors (Lipinski definition) is 4. The number of aliphatic hydroxyl groups excluding tert-OH is 3. The van der Waals surface area contributed by atoms with Gasteiger partial charge in [-0.25, -0.2) is 0 Å². The molecule has 0 aliphatic heterocycles. The summed E-state index contributed by atoms with van der Waals surface area (Å²) in [6.07, 6.45) is 3.52. The highest BCUT2D eigenvalue weighted by Gasteiger charge is 2.27. The van der Waals surface area contributed by atoms with E-state index in [0.717, 1.165) is 24.8 Å². The van der Waals surface area contributed by atoms with Gasteiger partial charge in [-0.05, 0) is 47.9 Å². The highest BCUT2D eigenvalue weighted by atomic mass is 16.3. The van der Waals surface area contributed by atoms with E-state index in [1.54, 1.807) is 0 Å². The number of hydrogen-bond acceptors (Lipinski definition) is 4. The lowest BCUT2D eigenvalue weighted by Gasteiger charge is -2.27. The molecule has 0 amide bonds. The molecule has 0 heterocycles. The molecule has 2 aromatic carbocycles. The zero-order valence-corrected chi connectivity index (χ0v) is 15.6. The molecule has 1 unspecified atom stereocenters. The molecule has 0 aliphatic carbocycles. The average Bonchev–Trinajstić information content (AvgIpc) is 2.68. The van der Waals surface area contributed by atoms with Crippen molar-refractivity contribution in [3.63, 3.8) is 0 Å². The molecular weight excluding hydrogens is 326 g/mol. The van der Waals surface area contributed by atoms with Crippen LogP contribution in [-0.2, 0) is 19.3 Å². The third-order valence-corrected chi connectivity index (χ3v) is 4.86. The van der Waals surface area contributed by atoms with E-state index in [9.17, 15) is 15.3 Å². The standard InChI is InChI=1S/C22H31NO3/c1-2-3-17-4-6-18(7-5-17)8-9-19-10-12-20(13-11-19)21(26)14-22(23,15-24)16-25/h4-7,10-13,21,24-26H,2-3,8-9,14-16,23H2,1H3. The lowest BCUT2D eigenvalue weighted by molar-refractivity contribution is 0.0618. The monoisotopic (exact) mass is 357 g/mol. The minimum atomic E-state index is -1.16. The molecule has 0 saturated carbocycles. The largest absolute Gasteiger partial charge is 0.394 e. The Morgan fingerprint density at radius 1 is 0.808 bits per heavy atom. The molecule has 0 aromatic heterocycles. The average molecular weight is 357 g/mol. The van der Waals surface area contributed by atoms with Crippen LogP contribution in [0.4, 0.5) is 0 Å². The summed E-state index contributed by atoms with van der Waals surface area (Å²) in [6.45, 7) is 1.46. The Bertz CT molecular complexity index is 648. The van der Waals surface area contributed by atoms with E-state index >= 15 is 0 Å². The van der Waals surface area contributed by atoms with Crippen molar-refractivity contribution in [3.05, 3.63) is 70.8 Å². The quantitative estimate of drug-likeness (QED) is 0.526. The summed E-state index contributed by atoms with van der Waals surface area (Å²) in [6, 6.07) is 16.6. The zero-order chi connectivity index (χ0) is 19.0. The molecular formula is C22H31NO3. The van der Waals surface area contributed by atoms with Gasteiger partial charge in [0.1, 0.15) is 0 Å². The maximum Gasteiger partial charge on any atom is 0.0809 e. The van der Waals surface area contributed by atoms with Crippen LogP contribution in [0.2, 0.25) is 0 Å². The Hall–Kier alpha value is -1.72. The van der Waals surface area contributed by atoms with Gasteiger partial charge in [0.05, 0.1) is 24.9 Å². The van der Waals surface area contributed by atoms with Crippen LogP contribution in [0.3, 0.4) is 0 Å². The van der Waals surface area contributed by atoms with Crippen LogP contribution in [-0.4, -0.2) is 34.1 Å². The normalized spacial score (nSPS) is 13.0. The van der Waals surface area contributed by atoms with Gasteiger partial charge in [0.15, 0.2) is 0 Å². The van der Waals surface area contributed by atoms with E-state index in [2.05, 4.69) is 31.2 Å². The van der Waals surface area contributed by atoms with Gasteiger partial charge >= 0.3 is 0 Å². The Balaban J connectivity index is 1.90. The van der Waals surface area contributed by atoms with Gasteiger partial charge in [0.2, 0.25) is 0 Å². The molecule has 142 valence electrons. The van der Waals surface area contributed by atoms with Gasteiger partial charge in [-0.3, -0.25) is 0 Å². The number of nitrogens with two attached hydrogens (primary N) is 1. The molecule has 0 radical (unpaired) electrons. The van der Waals surface area contributed by atoms with Crippen molar-refractivity contribution >= 4 is 0 Å². The summed E-state index contributed by atoms with van der Waals surface area (Å²) in [4.78, 5) is 0. The number of aliphatic hydroxyl groups is 3. The molecule has 0 saturated heterocycles. The minimum Gasteiger partial charge on any atom is -0.394 e. The van der Waals surface area contributed by atoms with Crippen molar-refractivity contribution in [2.45, 2.75) is 50.7 Å². The third-order valence-electron chi connectivity index (χ3n) is 4.86. The SMILES string of the molecule is CCCc1ccc(CCc2ccc(C(O)CC(N)(CO)CO)cc2)cc1. The summed E-state index contributed by atoms with van der Waals surface area (Å²) in [5.41, 5.74) is 9.35. The van der Waals surface area contributed by atoms with Crippen molar-refractivity contribution in [1.29, 1.82) is 0 Å². The first kappa shape index (κ1) is 20.6. The Kier molecular flexibility index (Phi) is 7.79. The Morgan fingerprint density at radius 2 is 1.23 bits per heavy atom. The molecule has 1 atom stereocenters. The van der Waals surface area contributed by atoms with Gasteiger partial charge in [0, 0.05) is 0 Å². The van der Waals surface area contributed by atoms with Gasteiger partial charge in [-0.2, -0.15) is 0 Å². The van der Waals surface area contributed by atoms with E-state index in [-0.39, 0.29) is 19.6 Å². The van der Waals surface area contributed by atoms with E-state index in [1.165, 1.54) is 23.1 Å². The topological polar surface area (TPSA) is 86.7 Å². The van der Waals surface area contributed by atoms with Gasteiger partial charge in [0.25, 0.3) is 0 Å². The predicted molar refractivity (Wildman–Crippen MR) is 105 cm³/mol. The molecule has 4 nitrogen and oxygen atoms in total. The third kappa shape index (κ3) is 5.92. The van der Waals surface area contributed by atoms with Crippen LogP contribution in [0.15, 0.2) is 48.5 Å². The Labute approximate surface area is 156 Å². The van der Waals surface area contributed by atoms with Crippen molar-refractivity contribution in [2.24, 2.45) is 5.73 Å². The molecule has 4 heteroatoms. The number of benzene rings is 2. The number of aryl methyl sites for hydroxylation is 3. The van der Waals surface area contributed by atoms with Crippen LogP contribution >= 0.6 is 0 Å². The molecule has 5 N–H and O–H groups in total. The minimum absolute atomic E-state index is 0.115. The predicted octanol–water partition coefficient (Wildman–Crippen LogP) is 2.53. The lowest BCUT2D eigenvalue weighted by atomic mass is 9.91. The molecule has 0 aliphatic rings. The first-order chi connectivity index (χ1) is 12.5. The fraction of sp³-hybridized carbons (Fsp3) is 0.455. The summed E-state index contributed by atoms with van der Waals surface area (Å²) in [5, 5.41) is 28.8. The van der Waals surface area contributed by atoms with Crippen LogP contribution in [0.1, 0.15) is 48.1 Å². The molecule has 2 rings (SSSR count). The first-order valence-corrected chi connectivity index (χ1v) is 9.35. The first-order valence-electron chi connectivity index (χ1n) is 9.35. The summed E-state index contributed by atoms with van der Waals surface area (Å²) >= 11 is 0. The zero-order valence-electron chi connectivity index (χ0n) is 15.6. The van der Waals surface area contributed by atoms with Crippen LogP contribution in [0.5, 0.6) is 0 Å². The van der Waals surface area contributed by atoms with Gasteiger partial charge < -0.3 is 21.1 Å². The Morgan fingerprint density at radius 3 is 1.65 bits per heavy atom. The summed E-state index contributed by atoms with van der Waals surface area (Å²) in [7, 11) is 0. The van der Waals surface area contributed by atoms with E-state index in [0.29, 0.717) is 0 Å². The second-order valence-corrected chi connectivity index (χ2v) is 7.21. The fourth-order valence-corrected chi connectivity index (χ4v) is 3.04. The van der Waals surface area contributed by atoms with Crippen molar-refractivity contribution in [3.8, 4) is 0 Å². The van der Waals surface area contributed by atoms with Crippen LogP contribution < -0.4 is 5.73 Å². The molecule has 0 fully saturated rings. The lowest BCUT2D eigenvalue weighted by Crippen LogP contribution is -2.48. The van der Waals surface area contributed by atoms with E-state index < -0.39 is 11.6 Å². The highest BCUT2D eigenvalue weighted by molar-refractivity contribution is 5.27. The second kappa shape index (κ2) is 9.83. The van der Waals surface area contributed by atoms with E-state index in [4.69, 9.17) is 5.73 Å². The van der Waals surface area contributed by atoms with Crippen molar-refractivity contribution in [2.75, 3.05) is 13.2 Å². The highest BCUT2D eigenvalue weighted by Crippen LogP contribution is 2.23. The van der Waals surface area contributed by atoms with Crippen LogP contribution in [0.25, 0.3) is 0 Å². The van der Waals surface area contributed by atoms with Crippen LogP contribution in [0, 0.1) is 0 Å². The molecule has 0 spiro atoms. The fourth-order valence-electron chi connectivity index (χ4n) is 3.04. The summed E-state index contributed by atoms with van der Waals surface area (Å²) < 4.78 is 0. The second-order valence-electron chi connectivity index (χ2n) is 7.21. The molecule has 0 bridgehead atoms. The molecule has 26 heavy (non-hydrogen) atoms. The smallest absolute Gasteiger partial charge is 0.0809 e. The van der Waals surface area contributed by atoms with Crippen molar-refractivity contribution < 1.29 is 15.3 Å². The summed E-state index contributed by atoms with van der Waals surface area (Å²) in [5.74, 6) is 0.